The highest BCUT2D eigenvalue weighted by atomic mass is 35.5. The smallest absolute Gasteiger partial charge is 0.191 e. The fourth-order valence-corrected chi connectivity index (χ4v) is 2.43. The van der Waals surface area contributed by atoms with Gasteiger partial charge in [-0.05, 0) is 18.6 Å². The summed E-state index contributed by atoms with van der Waals surface area (Å²) >= 11 is 6.20. The van der Waals surface area contributed by atoms with Crippen LogP contribution in [0.2, 0.25) is 5.02 Å². The van der Waals surface area contributed by atoms with Gasteiger partial charge in [0.05, 0.1) is 6.54 Å². The zero-order valence-electron chi connectivity index (χ0n) is 14.8. The molecule has 0 unspecified atom stereocenters. The third-order valence-electron chi connectivity index (χ3n) is 3.58. The minimum absolute atomic E-state index is 0.512. The normalized spacial score (nSPS) is 11.4. The van der Waals surface area contributed by atoms with Crippen molar-refractivity contribution in [2.75, 3.05) is 13.1 Å². The number of halogens is 1. The van der Waals surface area contributed by atoms with Crippen LogP contribution >= 0.6 is 11.6 Å². The maximum absolute atomic E-state index is 6.20. The molecule has 1 aromatic carbocycles. The van der Waals surface area contributed by atoms with Crippen LogP contribution in [0, 0.1) is 0 Å². The fraction of sp³-hybridized carbons (Fsp3) is 0.389. The first-order chi connectivity index (χ1) is 12.1. The molecule has 25 heavy (non-hydrogen) atoms. The van der Waals surface area contributed by atoms with Crippen molar-refractivity contribution >= 4 is 17.6 Å². The minimum atomic E-state index is 0.512. The number of rotatable bonds is 8. The Kier molecular flexibility index (Phi) is 7.47. The maximum Gasteiger partial charge on any atom is 0.191 e. The lowest BCUT2D eigenvalue weighted by atomic mass is 10.2. The number of aliphatic imine (C=N–C) groups is 1. The van der Waals surface area contributed by atoms with Crippen LogP contribution in [-0.2, 0) is 19.5 Å². The van der Waals surface area contributed by atoms with Gasteiger partial charge in [0.15, 0.2) is 5.96 Å². The van der Waals surface area contributed by atoms with Crippen LogP contribution < -0.4 is 10.6 Å². The van der Waals surface area contributed by atoms with Gasteiger partial charge in [-0.3, -0.25) is 0 Å². The quantitative estimate of drug-likeness (QED) is 0.431. The number of nitrogens with one attached hydrogen (secondary N) is 2. The average Bonchev–Trinajstić information content (AvgIpc) is 3.05. The molecule has 2 N–H and O–H groups in total. The highest BCUT2D eigenvalue weighted by molar-refractivity contribution is 6.31. The van der Waals surface area contributed by atoms with Gasteiger partial charge < -0.3 is 15.2 Å². The summed E-state index contributed by atoms with van der Waals surface area (Å²) in [7, 11) is 0. The molecule has 0 bridgehead atoms. The van der Waals surface area contributed by atoms with Crippen molar-refractivity contribution in [3.63, 3.8) is 0 Å². The van der Waals surface area contributed by atoms with E-state index in [9.17, 15) is 0 Å². The maximum atomic E-state index is 6.20. The van der Waals surface area contributed by atoms with Crippen molar-refractivity contribution in [2.24, 2.45) is 4.99 Å². The first-order valence-electron chi connectivity index (χ1n) is 8.36. The second kappa shape index (κ2) is 9.84. The van der Waals surface area contributed by atoms with Crippen LogP contribution in [0.15, 0.2) is 47.7 Å². The zero-order chi connectivity index (χ0) is 18.1. The Morgan fingerprint density at radius 2 is 2.12 bits per heavy atom. The molecule has 0 fully saturated rings. The predicted octanol–water partition coefficient (Wildman–Crippen LogP) is 2.81. The van der Waals surface area contributed by atoms with Gasteiger partial charge in [-0.1, -0.05) is 48.9 Å². The van der Waals surface area contributed by atoms with E-state index in [4.69, 9.17) is 11.6 Å². The SMILES string of the molecule is C=C(C)CNC(=NCc1ccccc1Cl)NCCn1cnnc1CC. The molecule has 0 radical (unpaired) electrons. The lowest BCUT2D eigenvalue weighted by Gasteiger charge is -2.13. The van der Waals surface area contributed by atoms with E-state index < -0.39 is 0 Å². The molecule has 0 aliphatic heterocycles. The molecule has 0 saturated carbocycles. The topological polar surface area (TPSA) is 67.1 Å². The second-order valence-corrected chi connectivity index (χ2v) is 6.19. The Morgan fingerprint density at radius 3 is 2.84 bits per heavy atom. The molecule has 7 heteroatoms. The standard InChI is InChI=1S/C18H25ClN6/c1-4-17-24-23-13-25(17)10-9-20-18(21-11-14(2)3)22-12-15-7-5-6-8-16(15)19/h5-8,13H,2,4,9-12H2,1,3H3,(H2,20,21,22). The fourth-order valence-electron chi connectivity index (χ4n) is 2.23. The van der Waals surface area contributed by atoms with E-state index in [1.807, 2.05) is 35.8 Å². The highest BCUT2D eigenvalue weighted by Gasteiger charge is 2.04. The summed E-state index contributed by atoms with van der Waals surface area (Å²) in [5.41, 5.74) is 2.03. The van der Waals surface area contributed by atoms with Crippen LogP contribution in [0.1, 0.15) is 25.2 Å². The molecular weight excluding hydrogens is 336 g/mol. The Labute approximate surface area is 154 Å². The number of aryl methyl sites for hydroxylation is 1. The first kappa shape index (κ1) is 19.0. The molecule has 0 saturated heterocycles. The summed E-state index contributed by atoms with van der Waals surface area (Å²) in [5.74, 6) is 1.71. The van der Waals surface area contributed by atoms with Gasteiger partial charge in [0.25, 0.3) is 0 Å². The number of hydrogen-bond acceptors (Lipinski definition) is 3. The molecule has 0 aliphatic rings. The van der Waals surface area contributed by atoms with Crippen molar-refractivity contribution in [2.45, 2.75) is 33.4 Å². The molecular formula is C18H25ClN6. The summed E-state index contributed by atoms with van der Waals surface area (Å²) in [5, 5.41) is 15.4. The third kappa shape index (κ3) is 6.23. The summed E-state index contributed by atoms with van der Waals surface area (Å²) < 4.78 is 2.04. The first-order valence-corrected chi connectivity index (χ1v) is 8.74. The van der Waals surface area contributed by atoms with E-state index in [0.29, 0.717) is 13.1 Å². The Balaban J connectivity index is 1.96. The molecule has 2 aromatic rings. The molecule has 0 aliphatic carbocycles. The number of aromatic nitrogens is 3. The van der Waals surface area contributed by atoms with E-state index in [-0.39, 0.29) is 0 Å². The summed E-state index contributed by atoms with van der Waals surface area (Å²) in [6, 6.07) is 7.73. The molecule has 0 spiro atoms. The van der Waals surface area contributed by atoms with Crippen LogP contribution in [0.5, 0.6) is 0 Å². The van der Waals surface area contributed by atoms with E-state index >= 15 is 0 Å². The number of hydrogen-bond donors (Lipinski definition) is 2. The van der Waals surface area contributed by atoms with Gasteiger partial charge >= 0.3 is 0 Å². The third-order valence-corrected chi connectivity index (χ3v) is 3.95. The molecule has 1 aromatic heterocycles. The zero-order valence-corrected chi connectivity index (χ0v) is 15.6. The number of nitrogens with zero attached hydrogens (tertiary/aromatic N) is 4. The van der Waals surface area contributed by atoms with E-state index in [1.165, 1.54) is 0 Å². The number of guanidine groups is 1. The molecule has 0 atom stereocenters. The van der Waals surface area contributed by atoms with Crippen LogP contribution in [0.3, 0.4) is 0 Å². The van der Waals surface area contributed by atoms with Crippen molar-refractivity contribution in [1.29, 1.82) is 0 Å². The molecule has 0 amide bonds. The molecule has 134 valence electrons. The van der Waals surface area contributed by atoms with Crippen molar-refractivity contribution < 1.29 is 0 Å². The lowest BCUT2D eigenvalue weighted by Crippen LogP contribution is -2.39. The van der Waals surface area contributed by atoms with Gasteiger partial charge in [0, 0.05) is 31.1 Å². The highest BCUT2D eigenvalue weighted by Crippen LogP contribution is 2.15. The van der Waals surface area contributed by atoms with Crippen molar-refractivity contribution in [3.8, 4) is 0 Å². The van der Waals surface area contributed by atoms with E-state index in [1.54, 1.807) is 6.33 Å². The lowest BCUT2D eigenvalue weighted by molar-refractivity contribution is 0.633. The van der Waals surface area contributed by atoms with Crippen molar-refractivity contribution in [3.05, 3.63) is 59.2 Å². The predicted molar refractivity (Wildman–Crippen MR) is 103 cm³/mol. The minimum Gasteiger partial charge on any atom is -0.355 e. The van der Waals surface area contributed by atoms with Crippen LogP contribution in [0.4, 0.5) is 0 Å². The summed E-state index contributed by atoms with van der Waals surface area (Å²) in [6.45, 7) is 10.6. The largest absolute Gasteiger partial charge is 0.355 e. The van der Waals surface area contributed by atoms with E-state index in [2.05, 4.69) is 39.3 Å². The van der Waals surface area contributed by atoms with Crippen LogP contribution in [-0.4, -0.2) is 33.8 Å². The summed E-state index contributed by atoms with van der Waals surface area (Å²) in [4.78, 5) is 4.62. The molecule has 2 rings (SSSR count). The Morgan fingerprint density at radius 1 is 1.32 bits per heavy atom. The van der Waals surface area contributed by atoms with Gasteiger partial charge in [0.1, 0.15) is 12.2 Å². The Bertz CT molecular complexity index is 722. The van der Waals surface area contributed by atoms with Gasteiger partial charge in [-0.2, -0.15) is 0 Å². The van der Waals surface area contributed by atoms with Gasteiger partial charge in [-0.25, -0.2) is 4.99 Å². The Hall–Kier alpha value is -2.34. The monoisotopic (exact) mass is 360 g/mol. The van der Waals surface area contributed by atoms with Crippen LogP contribution in [0.25, 0.3) is 0 Å². The van der Waals surface area contributed by atoms with Gasteiger partial charge in [0.2, 0.25) is 0 Å². The summed E-state index contributed by atoms with van der Waals surface area (Å²) in [6.07, 6.45) is 2.61. The van der Waals surface area contributed by atoms with Gasteiger partial charge in [-0.15, -0.1) is 10.2 Å². The second-order valence-electron chi connectivity index (χ2n) is 5.79. The number of benzene rings is 1. The molecule has 1 heterocycles. The molecule has 6 nitrogen and oxygen atoms in total. The average molecular weight is 361 g/mol. The van der Waals surface area contributed by atoms with E-state index in [0.717, 1.165) is 47.5 Å². The van der Waals surface area contributed by atoms with Crippen molar-refractivity contribution in [1.82, 2.24) is 25.4 Å².